The van der Waals surface area contributed by atoms with Crippen LogP contribution in [0.2, 0.25) is 0 Å². The molecule has 0 saturated carbocycles. The summed E-state index contributed by atoms with van der Waals surface area (Å²) in [5.74, 6) is 0. The van der Waals surface area contributed by atoms with Gasteiger partial charge in [0.2, 0.25) is 0 Å². The molecule has 7 heteroatoms. The number of aromatic nitrogens is 2. The first-order chi connectivity index (χ1) is 9.53. The summed E-state index contributed by atoms with van der Waals surface area (Å²) in [4.78, 5) is 28.3. The van der Waals surface area contributed by atoms with Crippen LogP contribution in [0.4, 0.5) is 0 Å². The van der Waals surface area contributed by atoms with Gasteiger partial charge in [-0.15, -0.1) is 0 Å². The lowest BCUT2D eigenvalue weighted by Crippen LogP contribution is -2.25. The van der Waals surface area contributed by atoms with Gasteiger partial charge in [0.1, 0.15) is 6.29 Å². The van der Waals surface area contributed by atoms with E-state index in [1.807, 2.05) is 24.3 Å². The van der Waals surface area contributed by atoms with Crippen molar-refractivity contribution in [2.45, 2.75) is 13.1 Å². The van der Waals surface area contributed by atoms with Gasteiger partial charge in [0.05, 0.1) is 11.4 Å². The summed E-state index contributed by atoms with van der Waals surface area (Å²) in [6.45, 7) is 0.727. The van der Waals surface area contributed by atoms with E-state index < -0.39 is 7.60 Å². The third-order valence-corrected chi connectivity index (χ3v) is 3.38. The average molecular weight is 293 g/mol. The lowest BCUT2D eigenvalue weighted by molar-refractivity contribution is 0.258. The molecule has 20 heavy (non-hydrogen) atoms. The number of pyridine rings is 2. The maximum atomic E-state index is 11.2. The standard InChI is InChI=1S/C13H16N3O3P/c17-20(18,19)11-16(9-12-5-1-3-7-14-12)10-13-6-2-4-8-15-13/h1-8H,9-11H2,(H2,17,18,19). The van der Waals surface area contributed by atoms with E-state index >= 15 is 0 Å². The van der Waals surface area contributed by atoms with Crippen molar-refractivity contribution >= 4 is 7.60 Å². The Morgan fingerprint density at radius 3 is 1.80 bits per heavy atom. The molecule has 6 nitrogen and oxygen atoms in total. The van der Waals surface area contributed by atoms with Crippen molar-refractivity contribution in [3.8, 4) is 0 Å². The van der Waals surface area contributed by atoms with Crippen LogP contribution in [0.3, 0.4) is 0 Å². The maximum Gasteiger partial charge on any atom is 0.339 e. The predicted octanol–water partition coefficient (Wildman–Crippen LogP) is 1.61. The Hall–Kier alpha value is -1.59. The number of nitrogens with zero attached hydrogens (tertiary/aromatic N) is 3. The molecule has 0 aliphatic heterocycles. The van der Waals surface area contributed by atoms with Gasteiger partial charge in [-0.25, -0.2) is 0 Å². The Balaban J connectivity index is 2.10. The first-order valence-electron chi connectivity index (χ1n) is 6.10. The van der Waals surface area contributed by atoms with E-state index in [-0.39, 0.29) is 6.29 Å². The fourth-order valence-corrected chi connectivity index (χ4v) is 2.58. The summed E-state index contributed by atoms with van der Waals surface area (Å²) in [5, 5.41) is 0. The summed E-state index contributed by atoms with van der Waals surface area (Å²) in [6, 6.07) is 10.9. The highest BCUT2D eigenvalue weighted by Crippen LogP contribution is 2.35. The van der Waals surface area contributed by atoms with Gasteiger partial charge < -0.3 is 9.79 Å². The van der Waals surface area contributed by atoms with E-state index in [4.69, 9.17) is 0 Å². The van der Waals surface area contributed by atoms with Crippen LogP contribution in [0.5, 0.6) is 0 Å². The van der Waals surface area contributed by atoms with Crippen molar-refractivity contribution in [2.24, 2.45) is 0 Å². The van der Waals surface area contributed by atoms with Crippen molar-refractivity contribution in [2.75, 3.05) is 6.29 Å². The third kappa shape index (κ3) is 5.19. The normalized spacial score (nSPS) is 11.8. The molecule has 0 aliphatic carbocycles. The lowest BCUT2D eigenvalue weighted by atomic mass is 10.3. The Morgan fingerprint density at radius 1 is 0.950 bits per heavy atom. The van der Waals surface area contributed by atoms with Crippen molar-refractivity contribution in [3.05, 3.63) is 60.2 Å². The molecule has 0 aromatic carbocycles. The molecule has 0 amide bonds. The van der Waals surface area contributed by atoms with Gasteiger partial charge in [0, 0.05) is 25.5 Å². The first kappa shape index (κ1) is 14.8. The van der Waals surface area contributed by atoms with Gasteiger partial charge in [-0.2, -0.15) is 0 Å². The Morgan fingerprint density at radius 2 is 1.45 bits per heavy atom. The number of hydrogen-bond acceptors (Lipinski definition) is 4. The molecule has 106 valence electrons. The molecule has 0 bridgehead atoms. The van der Waals surface area contributed by atoms with Crippen molar-refractivity contribution in [1.29, 1.82) is 0 Å². The second kappa shape index (κ2) is 6.72. The summed E-state index contributed by atoms with van der Waals surface area (Å²) >= 11 is 0. The van der Waals surface area contributed by atoms with Crippen LogP contribution in [0, 0.1) is 0 Å². The molecule has 0 unspecified atom stereocenters. The molecule has 0 spiro atoms. The van der Waals surface area contributed by atoms with Gasteiger partial charge >= 0.3 is 7.60 Å². The predicted molar refractivity (Wildman–Crippen MR) is 74.6 cm³/mol. The lowest BCUT2D eigenvalue weighted by Gasteiger charge is -2.21. The molecule has 2 rings (SSSR count). The zero-order valence-corrected chi connectivity index (χ0v) is 11.7. The van der Waals surface area contributed by atoms with Crippen LogP contribution in [-0.4, -0.2) is 30.9 Å². The SMILES string of the molecule is O=P(O)(O)CN(Cc1ccccn1)Cc1ccccn1. The van der Waals surface area contributed by atoms with Gasteiger partial charge in [0.25, 0.3) is 0 Å². The smallest absolute Gasteiger partial charge is 0.324 e. The van der Waals surface area contributed by atoms with Crippen LogP contribution in [0.1, 0.15) is 11.4 Å². The van der Waals surface area contributed by atoms with E-state index in [0.29, 0.717) is 13.1 Å². The zero-order chi connectivity index (χ0) is 14.4. The molecule has 0 saturated heterocycles. The molecule has 2 N–H and O–H groups in total. The summed E-state index contributed by atoms with van der Waals surface area (Å²) in [5.41, 5.74) is 1.52. The Bertz CT molecular complexity index is 532. The van der Waals surface area contributed by atoms with E-state index in [1.54, 1.807) is 29.4 Å². The van der Waals surface area contributed by atoms with Crippen LogP contribution >= 0.6 is 7.60 Å². The Kier molecular flexibility index (Phi) is 4.98. The minimum Gasteiger partial charge on any atom is -0.324 e. The fourth-order valence-electron chi connectivity index (χ4n) is 1.86. The quantitative estimate of drug-likeness (QED) is 0.787. The van der Waals surface area contributed by atoms with Crippen molar-refractivity contribution < 1.29 is 14.4 Å². The minimum atomic E-state index is -4.13. The second-order valence-corrected chi connectivity index (χ2v) is 6.05. The maximum absolute atomic E-state index is 11.2. The van der Waals surface area contributed by atoms with Gasteiger partial charge in [-0.05, 0) is 24.3 Å². The number of rotatable bonds is 6. The molecular formula is C13H16N3O3P. The number of hydrogen-bond donors (Lipinski definition) is 2. The van der Waals surface area contributed by atoms with Gasteiger partial charge in [-0.3, -0.25) is 19.4 Å². The first-order valence-corrected chi connectivity index (χ1v) is 7.89. The van der Waals surface area contributed by atoms with E-state index in [2.05, 4.69) is 9.97 Å². The average Bonchev–Trinajstić information content (AvgIpc) is 2.39. The molecule has 2 heterocycles. The van der Waals surface area contributed by atoms with Crippen LogP contribution in [-0.2, 0) is 17.7 Å². The molecule has 0 radical (unpaired) electrons. The molecule has 0 aliphatic rings. The highest BCUT2D eigenvalue weighted by atomic mass is 31.2. The van der Waals surface area contributed by atoms with Crippen LogP contribution < -0.4 is 0 Å². The molecular weight excluding hydrogens is 277 g/mol. The van der Waals surface area contributed by atoms with Crippen LogP contribution in [0.15, 0.2) is 48.8 Å². The van der Waals surface area contributed by atoms with Gasteiger partial charge in [0.15, 0.2) is 0 Å². The molecule has 0 atom stereocenters. The van der Waals surface area contributed by atoms with Crippen molar-refractivity contribution in [1.82, 2.24) is 14.9 Å². The largest absolute Gasteiger partial charge is 0.339 e. The molecule has 2 aromatic heterocycles. The highest BCUT2D eigenvalue weighted by Gasteiger charge is 2.20. The second-order valence-electron chi connectivity index (χ2n) is 4.44. The van der Waals surface area contributed by atoms with Crippen molar-refractivity contribution in [3.63, 3.8) is 0 Å². The Labute approximate surface area is 117 Å². The van der Waals surface area contributed by atoms with E-state index in [0.717, 1.165) is 11.4 Å². The molecule has 2 aromatic rings. The fraction of sp³-hybridized carbons (Fsp3) is 0.231. The molecule has 0 fully saturated rings. The minimum absolute atomic E-state index is 0.319. The highest BCUT2D eigenvalue weighted by molar-refractivity contribution is 7.51. The third-order valence-electron chi connectivity index (χ3n) is 2.61. The summed E-state index contributed by atoms with van der Waals surface area (Å²) < 4.78 is 11.2. The summed E-state index contributed by atoms with van der Waals surface area (Å²) in [6.07, 6.45) is 3.00. The van der Waals surface area contributed by atoms with E-state index in [9.17, 15) is 14.4 Å². The topological polar surface area (TPSA) is 86.5 Å². The summed E-state index contributed by atoms with van der Waals surface area (Å²) in [7, 11) is -4.13. The zero-order valence-electron chi connectivity index (χ0n) is 10.8. The van der Waals surface area contributed by atoms with Gasteiger partial charge in [-0.1, -0.05) is 12.1 Å². The van der Waals surface area contributed by atoms with E-state index in [1.165, 1.54) is 0 Å². The monoisotopic (exact) mass is 293 g/mol. The van der Waals surface area contributed by atoms with Crippen LogP contribution in [0.25, 0.3) is 0 Å².